The van der Waals surface area contributed by atoms with Gasteiger partial charge in [0.25, 0.3) is 0 Å². The summed E-state index contributed by atoms with van der Waals surface area (Å²) in [5.41, 5.74) is 1.97. The zero-order chi connectivity index (χ0) is 13.7. The van der Waals surface area contributed by atoms with E-state index in [2.05, 4.69) is 10.6 Å². The first-order valence-electron chi connectivity index (χ1n) is 6.92. The monoisotopic (exact) mass is 262 g/mol. The van der Waals surface area contributed by atoms with E-state index in [1.807, 2.05) is 24.3 Å². The third-order valence-electron chi connectivity index (χ3n) is 3.61. The van der Waals surface area contributed by atoms with Gasteiger partial charge in [0.05, 0.1) is 6.10 Å². The number of carbonyl (C=O) groups is 1. The van der Waals surface area contributed by atoms with Gasteiger partial charge in [-0.05, 0) is 37.3 Å². The molecular weight excluding hydrogens is 240 g/mol. The average molecular weight is 262 g/mol. The molecule has 1 aliphatic carbocycles. The summed E-state index contributed by atoms with van der Waals surface area (Å²) in [6, 6.07) is 8.31. The molecule has 1 amide bonds. The van der Waals surface area contributed by atoms with Crippen molar-refractivity contribution in [1.29, 1.82) is 0 Å². The number of para-hydroxylation sites is 1. The van der Waals surface area contributed by atoms with Gasteiger partial charge in [-0.2, -0.15) is 0 Å². The van der Waals surface area contributed by atoms with Crippen molar-refractivity contribution in [2.75, 3.05) is 5.32 Å². The Hall–Kier alpha value is -1.39. The van der Waals surface area contributed by atoms with Crippen molar-refractivity contribution >= 4 is 11.6 Å². The molecular formula is C15H22N2O2. The third kappa shape index (κ3) is 4.33. The maximum atomic E-state index is 11.1. The second-order valence-corrected chi connectivity index (χ2v) is 5.22. The van der Waals surface area contributed by atoms with E-state index in [0.29, 0.717) is 6.04 Å². The molecule has 0 heterocycles. The van der Waals surface area contributed by atoms with Gasteiger partial charge in [-0.25, -0.2) is 0 Å². The van der Waals surface area contributed by atoms with Crippen LogP contribution in [0.15, 0.2) is 24.3 Å². The lowest BCUT2D eigenvalue weighted by Crippen LogP contribution is -2.34. The molecule has 1 aliphatic rings. The Morgan fingerprint density at radius 1 is 1.26 bits per heavy atom. The van der Waals surface area contributed by atoms with E-state index in [1.165, 1.54) is 6.92 Å². The molecule has 19 heavy (non-hydrogen) atoms. The van der Waals surface area contributed by atoms with Crippen molar-refractivity contribution in [2.45, 2.75) is 51.3 Å². The van der Waals surface area contributed by atoms with Crippen LogP contribution in [0.5, 0.6) is 0 Å². The number of carbonyl (C=O) groups excluding carboxylic acids is 1. The first-order chi connectivity index (χ1) is 9.15. The highest BCUT2D eigenvalue weighted by molar-refractivity contribution is 5.89. The van der Waals surface area contributed by atoms with Gasteiger partial charge >= 0.3 is 0 Å². The minimum absolute atomic E-state index is 0.0479. The smallest absolute Gasteiger partial charge is 0.221 e. The highest BCUT2D eigenvalue weighted by Crippen LogP contribution is 2.20. The number of anilines is 1. The summed E-state index contributed by atoms with van der Waals surface area (Å²) in [7, 11) is 0. The SMILES string of the molecule is CC(=O)Nc1ccccc1CNC1CCC(O)CC1. The van der Waals surface area contributed by atoms with E-state index >= 15 is 0 Å². The zero-order valence-corrected chi connectivity index (χ0v) is 11.4. The number of aliphatic hydroxyl groups is 1. The fourth-order valence-corrected chi connectivity index (χ4v) is 2.52. The van der Waals surface area contributed by atoms with Crippen LogP contribution in [0.25, 0.3) is 0 Å². The summed E-state index contributed by atoms with van der Waals surface area (Å²) in [5.74, 6) is -0.0479. The molecule has 1 fully saturated rings. The lowest BCUT2D eigenvalue weighted by atomic mass is 9.93. The molecule has 0 bridgehead atoms. The summed E-state index contributed by atoms with van der Waals surface area (Å²) in [6.45, 7) is 2.27. The van der Waals surface area contributed by atoms with Gasteiger partial charge in [0, 0.05) is 25.2 Å². The molecule has 0 radical (unpaired) electrons. The molecule has 4 heteroatoms. The zero-order valence-electron chi connectivity index (χ0n) is 11.4. The number of nitrogens with one attached hydrogen (secondary N) is 2. The fraction of sp³-hybridized carbons (Fsp3) is 0.533. The Bertz CT molecular complexity index is 426. The molecule has 104 valence electrons. The molecule has 3 N–H and O–H groups in total. The maximum Gasteiger partial charge on any atom is 0.221 e. The Labute approximate surface area is 114 Å². The Morgan fingerprint density at radius 3 is 2.63 bits per heavy atom. The number of hydrogen-bond acceptors (Lipinski definition) is 3. The second kappa shape index (κ2) is 6.68. The van der Waals surface area contributed by atoms with Gasteiger partial charge in [0.15, 0.2) is 0 Å². The summed E-state index contributed by atoms with van der Waals surface area (Å²) in [6.07, 6.45) is 3.67. The lowest BCUT2D eigenvalue weighted by molar-refractivity contribution is -0.114. The number of rotatable bonds is 4. The van der Waals surface area contributed by atoms with Crippen molar-refractivity contribution in [3.8, 4) is 0 Å². The lowest BCUT2D eigenvalue weighted by Gasteiger charge is -2.26. The van der Waals surface area contributed by atoms with E-state index in [-0.39, 0.29) is 12.0 Å². The van der Waals surface area contributed by atoms with Crippen LogP contribution in [0.4, 0.5) is 5.69 Å². The Morgan fingerprint density at radius 2 is 1.95 bits per heavy atom. The molecule has 1 aromatic carbocycles. The van der Waals surface area contributed by atoms with Crippen molar-refractivity contribution in [1.82, 2.24) is 5.32 Å². The molecule has 1 saturated carbocycles. The summed E-state index contributed by atoms with van der Waals surface area (Å²) in [4.78, 5) is 11.1. The van der Waals surface area contributed by atoms with Crippen LogP contribution in [0, 0.1) is 0 Å². The van der Waals surface area contributed by atoms with Crippen molar-refractivity contribution in [3.63, 3.8) is 0 Å². The van der Waals surface area contributed by atoms with Crippen molar-refractivity contribution in [2.24, 2.45) is 0 Å². The van der Waals surface area contributed by atoms with Crippen LogP contribution in [-0.2, 0) is 11.3 Å². The average Bonchev–Trinajstić information content (AvgIpc) is 2.39. The van der Waals surface area contributed by atoms with E-state index in [0.717, 1.165) is 43.5 Å². The minimum Gasteiger partial charge on any atom is -0.393 e. The van der Waals surface area contributed by atoms with Crippen LogP contribution in [0.3, 0.4) is 0 Å². The summed E-state index contributed by atoms with van der Waals surface area (Å²) < 4.78 is 0. The van der Waals surface area contributed by atoms with E-state index in [4.69, 9.17) is 0 Å². The largest absolute Gasteiger partial charge is 0.393 e. The molecule has 0 aliphatic heterocycles. The Kier molecular flexibility index (Phi) is 4.93. The van der Waals surface area contributed by atoms with Gasteiger partial charge in [-0.1, -0.05) is 18.2 Å². The molecule has 0 spiro atoms. The van der Waals surface area contributed by atoms with Crippen LogP contribution in [0.1, 0.15) is 38.2 Å². The van der Waals surface area contributed by atoms with Crippen LogP contribution in [0.2, 0.25) is 0 Å². The Balaban J connectivity index is 1.90. The van der Waals surface area contributed by atoms with Crippen molar-refractivity contribution < 1.29 is 9.90 Å². The topological polar surface area (TPSA) is 61.4 Å². The highest BCUT2D eigenvalue weighted by Gasteiger charge is 2.18. The van der Waals surface area contributed by atoms with Gasteiger partial charge in [-0.3, -0.25) is 4.79 Å². The quantitative estimate of drug-likeness (QED) is 0.778. The first-order valence-corrected chi connectivity index (χ1v) is 6.92. The predicted octanol–water partition coefficient (Wildman–Crippen LogP) is 2.04. The normalized spacial score (nSPS) is 23.1. The fourth-order valence-electron chi connectivity index (χ4n) is 2.52. The third-order valence-corrected chi connectivity index (χ3v) is 3.61. The first kappa shape index (κ1) is 14.0. The molecule has 2 rings (SSSR count). The number of benzene rings is 1. The summed E-state index contributed by atoms with van der Waals surface area (Å²) >= 11 is 0. The minimum atomic E-state index is -0.121. The van der Waals surface area contributed by atoms with Crippen molar-refractivity contribution in [3.05, 3.63) is 29.8 Å². The van der Waals surface area contributed by atoms with Gasteiger partial charge < -0.3 is 15.7 Å². The maximum absolute atomic E-state index is 11.1. The molecule has 0 atom stereocenters. The van der Waals surface area contributed by atoms with Gasteiger partial charge in [0.2, 0.25) is 5.91 Å². The molecule has 1 aromatic rings. The van der Waals surface area contributed by atoms with Crippen LogP contribution in [-0.4, -0.2) is 23.2 Å². The predicted molar refractivity (Wildman–Crippen MR) is 75.8 cm³/mol. The van der Waals surface area contributed by atoms with Crippen LogP contribution < -0.4 is 10.6 Å². The molecule has 0 unspecified atom stereocenters. The molecule has 0 saturated heterocycles. The van der Waals surface area contributed by atoms with E-state index in [1.54, 1.807) is 0 Å². The second-order valence-electron chi connectivity index (χ2n) is 5.22. The summed E-state index contributed by atoms with van der Waals surface area (Å²) in [5, 5.41) is 15.8. The molecule has 4 nitrogen and oxygen atoms in total. The number of hydrogen-bond donors (Lipinski definition) is 3. The van der Waals surface area contributed by atoms with E-state index < -0.39 is 0 Å². The van der Waals surface area contributed by atoms with Crippen LogP contribution >= 0.6 is 0 Å². The number of amides is 1. The van der Waals surface area contributed by atoms with Gasteiger partial charge in [0.1, 0.15) is 0 Å². The molecule has 0 aromatic heterocycles. The highest BCUT2D eigenvalue weighted by atomic mass is 16.3. The standard InChI is InChI=1S/C15H22N2O2/c1-11(18)17-15-5-3-2-4-12(15)10-16-13-6-8-14(19)9-7-13/h2-5,13-14,16,19H,6-10H2,1H3,(H,17,18). The van der Waals surface area contributed by atoms with Gasteiger partial charge in [-0.15, -0.1) is 0 Å². The number of aliphatic hydroxyl groups excluding tert-OH is 1. The van der Waals surface area contributed by atoms with E-state index in [9.17, 15) is 9.90 Å².